The van der Waals surface area contributed by atoms with Gasteiger partial charge in [0.25, 0.3) is 11.8 Å². The van der Waals surface area contributed by atoms with Crippen molar-refractivity contribution in [3.8, 4) is 0 Å². The number of oxime groups is 1. The first-order valence-corrected chi connectivity index (χ1v) is 24.9. The van der Waals surface area contributed by atoms with Gasteiger partial charge in [-0.1, -0.05) is 157 Å². The molecule has 2 aromatic heterocycles. The van der Waals surface area contributed by atoms with Gasteiger partial charge in [-0.2, -0.15) is 5.10 Å². The lowest BCUT2D eigenvalue weighted by molar-refractivity contribution is -0.154. The van der Waals surface area contributed by atoms with E-state index in [0.717, 1.165) is 21.3 Å². The zero-order chi connectivity index (χ0) is 50.2. The fourth-order valence-corrected chi connectivity index (χ4v) is 11.0. The van der Waals surface area contributed by atoms with Gasteiger partial charge in [0.1, 0.15) is 35.5 Å². The minimum absolute atomic E-state index is 0.00454. The molecule has 0 bridgehead atoms. The summed E-state index contributed by atoms with van der Waals surface area (Å²) < 4.78 is 12.6. The van der Waals surface area contributed by atoms with Crippen LogP contribution in [0.15, 0.2) is 189 Å². The molecule has 3 N–H and O–H groups in total. The maximum Gasteiger partial charge on any atom is 0.356 e. The molecule has 0 saturated carbocycles. The summed E-state index contributed by atoms with van der Waals surface area (Å²) in [7, 11) is 2.76. The maximum absolute atomic E-state index is 14.8. The van der Waals surface area contributed by atoms with E-state index < -0.39 is 52.0 Å². The number of ether oxygens (including phenoxy) is 2. The SMILES string of the molecule is COCCn1c(C(S)=CC2=C(C(=O)OC(c3ccccc3)c3ccccc3)N3C(=O)C(NC(=O)C(=NOC)c4csc(NC(c5ccccc5)(c5ccccc5)c5ccccc5)n4)C3SC2)n[nH]c(=O)c1=O. The highest BCUT2D eigenvalue weighted by atomic mass is 32.2. The summed E-state index contributed by atoms with van der Waals surface area (Å²) in [4.78, 5) is 80.4. The van der Waals surface area contributed by atoms with Crippen molar-refractivity contribution < 1.29 is 28.7 Å². The number of carbonyl (C=O) groups excluding carboxylic acids is 3. The normalized spacial score (nSPS) is 15.9. The van der Waals surface area contributed by atoms with Crippen LogP contribution < -0.4 is 21.8 Å². The van der Waals surface area contributed by atoms with E-state index in [4.69, 9.17) is 31.9 Å². The number of thiol groups is 1. The van der Waals surface area contributed by atoms with E-state index in [-0.39, 0.29) is 46.7 Å². The standard InChI is InChI=1S/C53H46N8O8S3/c1-67-29-28-60-45(57-58-47(63)49(60)65)40(70)30-35-31-71-50-42(48(64)61(50)43(35)51(66)69-44(33-18-8-3-9-19-33)34-20-10-4-11-21-34)55-46(62)41(59-68-2)39-32-72-52(54-39)56-53(36-22-12-5-13-23-36,37-24-14-6-15-25-37)38-26-16-7-17-27-38/h3-27,30,32,42,44,50,70H,28-29,31H2,1-2H3,(H,54,56)(H,55,62)(H,58,63). The summed E-state index contributed by atoms with van der Waals surface area (Å²) in [6.45, 7) is 0.0659. The van der Waals surface area contributed by atoms with Gasteiger partial charge in [-0.05, 0) is 39.5 Å². The van der Waals surface area contributed by atoms with Gasteiger partial charge in [-0.3, -0.25) is 28.6 Å². The number of aromatic amines is 1. The van der Waals surface area contributed by atoms with Gasteiger partial charge in [-0.15, -0.1) is 35.7 Å². The highest BCUT2D eigenvalue weighted by Gasteiger charge is 2.55. The first kappa shape index (κ1) is 49.2. The molecule has 2 unspecified atom stereocenters. The van der Waals surface area contributed by atoms with Crippen molar-refractivity contribution in [2.24, 2.45) is 5.16 Å². The summed E-state index contributed by atoms with van der Waals surface area (Å²) >= 11 is 7.24. The number of H-pyrrole nitrogens is 1. The number of thioether (sulfide) groups is 1. The predicted molar refractivity (Wildman–Crippen MR) is 279 cm³/mol. The van der Waals surface area contributed by atoms with Crippen molar-refractivity contribution in [1.29, 1.82) is 0 Å². The van der Waals surface area contributed by atoms with E-state index in [1.54, 1.807) is 5.38 Å². The van der Waals surface area contributed by atoms with E-state index >= 15 is 0 Å². The number of carbonyl (C=O) groups is 3. The van der Waals surface area contributed by atoms with E-state index in [1.165, 1.54) is 48.3 Å². The quantitative estimate of drug-likeness (QED) is 0.0134. The van der Waals surface area contributed by atoms with Crippen LogP contribution in [-0.2, 0) is 40.8 Å². The number of allylic oxidation sites excluding steroid dienone is 1. The summed E-state index contributed by atoms with van der Waals surface area (Å²) in [5, 5.41) is 18.3. The van der Waals surface area contributed by atoms with Crippen LogP contribution in [0.5, 0.6) is 0 Å². The molecule has 19 heteroatoms. The van der Waals surface area contributed by atoms with E-state index in [0.29, 0.717) is 21.8 Å². The number of thiazole rings is 1. The molecule has 5 aromatic carbocycles. The molecule has 1 saturated heterocycles. The molecular formula is C53H46N8O8S3. The Hall–Kier alpha value is -7.84. The number of esters is 1. The number of fused-ring (bicyclic) bond motifs is 1. The third-order valence-corrected chi connectivity index (χ3v) is 14.4. The third-order valence-electron chi connectivity index (χ3n) is 12.0. The van der Waals surface area contributed by atoms with Crippen molar-refractivity contribution in [3.05, 3.63) is 234 Å². The number of hydrogen-bond acceptors (Lipinski definition) is 15. The Morgan fingerprint density at radius 1 is 0.847 bits per heavy atom. The van der Waals surface area contributed by atoms with Crippen LogP contribution in [0.3, 0.4) is 0 Å². The predicted octanol–water partition coefficient (Wildman–Crippen LogP) is 6.75. The van der Waals surface area contributed by atoms with E-state index in [9.17, 15) is 24.0 Å². The Labute approximate surface area is 426 Å². The van der Waals surface area contributed by atoms with Crippen LogP contribution in [0.25, 0.3) is 4.91 Å². The number of β-lactam (4-membered cyclic amide) rings is 1. The summed E-state index contributed by atoms with van der Waals surface area (Å²) in [6, 6.07) is 47.2. The number of nitrogens with one attached hydrogen (secondary N) is 3. The summed E-state index contributed by atoms with van der Waals surface area (Å²) in [6.07, 6.45) is 0.627. The lowest BCUT2D eigenvalue weighted by atomic mass is 9.77. The second-order valence-electron chi connectivity index (χ2n) is 16.3. The molecule has 2 aliphatic heterocycles. The molecule has 1 fully saturated rings. The Balaban J connectivity index is 1.03. The Morgan fingerprint density at radius 3 is 1.94 bits per heavy atom. The van der Waals surface area contributed by atoms with Gasteiger partial charge < -0.3 is 24.9 Å². The van der Waals surface area contributed by atoms with E-state index in [2.05, 4.69) is 26.0 Å². The maximum atomic E-state index is 14.8. The second-order valence-corrected chi connectivity index (χ2v) is 18.8. The minimum atomic E-state index is -1.12. The van der Waals surface area contributed by atoms with Crippen molar-refractivity contribution in [2.45, 2.75) is 29.6 Å². The Morgan fingerprint density at radius 2 is 1.40 bits per heavy atom. The fraction of sp³-hybridized carbons (Fsp3) is 0.170. The lowest BCUT2D eigenvalue weighted by Gasteiger charge is -2.49. The number of rotatable bonds is 18. The zero-order valence-electron chi connectivity index (χ0n) is 38.7. The van der Waals surface area contributed by atoms with Crippen LogP contribution in [0.4, 0.5) is 5.13 Å². The van der Waals surface area contributed by atoms with Crippen molar-refractivity contribution in [1.82, 2.24) is 30.0 Å². The van der Waals surface area contributed by atoms with Crippen molar-refractivity contribution in [2.75, 3.05) is 31.9 Å². The largest absolute Gasteiger partial charge is 0.448 e. The average molecular weight is 1020 g/mol. The molecule has 0 radical (unpaired) electrons. The first-order chi connectivity index (χ1) is 35.1. The number of nitrogens with zero attached hydrogens (tertiary/aromatic N) is 5. The molecule has 2 amide bonds. The Kier molecular flexibility index (Phi) is 15.1. The van der Waals surface area contributed by atoms with Crippen molar-refractivity contribution in [3.63, 3.8) is 0 Å². The summed E-state index contributed by atoms with van der Waals surface area (Å²) in [5.74, 6) is -2.07. The van der Waals surface area contributed by atoms with Gasteiger partial charge >= 0.3 is 17.1 Å². The van der Waals surface area contributed by atoms with Crippen LogP contribution >= 0.6 is 35.7 Å². The highest BCUT2D eigenvalue weighted by Crippen LogP contribution is 2.44. The molecule has 0 spiro atoms. The monoisotopic (exact) mass is 1020 g/mol. The molecule has 2 atom stereocenters. The first-order valence-electron chi connectivity index (χ1n) is 22.5. The second kappa shape index (κ2) is 22.1. The van der Waals surface area contributed by atoms with Gasteiger partial charge in [0.2, 0.25) is 0 Å². The summed E-state index contributed by atoms with van der Waals surface area (Å²) in [5.41, 5.74) is 1.71. The number of benzene rings is 5. The van der Waals surface area contributed by atoms with Crippen LogP contribution in [-0.4, -0.2) is 86.1 Å². The zero-order valence-corrected chi connectivity index (χ0v) is 41.2. The molecule has 2 aliphatic rings. The number of anilines is 1. The van der Waals surface area contributed by atoms with Crippen LogP contribution in [0.2, 0.25) is 0 Å². The molecular weight excluding hydrogens is 973 g/mol. The van der Waals surface area contributed by atoms with E-state index in [1.807, 2.05) is 152 Å². The molecule has 7 aromatic rings. The van der Waals surface area contributed by atoms with Gasteiger partial charge in [0, 0.05) is 23.1 Å². The number of amides is 2. The van der Waals surface area contributed by atoms with Gasteiger partial charge in [0.05, 0.1) is 13.2 Å². The molecule has 72 heavy (non-hydrogen) atoms. The van der Waals surface area contributed by atoms with Crippen LogP contribution in [0.1, 0.15) is 45.4 Å². The number of hydrogen-bond donors (Lipinski definition) is 4. The minimum Gasteiger partial charge on any atom is -0.448 e. The number of methoxy groups -OCH3 is 1. The molecule has 4 heterocycles. The Bertz CT molecular complexity index is 3160. The highest BCUT2D eigenvalue weighted by molar-refractivity contribution is 8.00. The molecule has 0 aliphatic carbocycles. The van der Waals surface area contributed by atoms with Crippen LogP contribution in [0, 0.1) is 0 Å². The molecule has 16 nitrogen and oxygen atoms in total. The smallest absolute Gasteiger partial charge is 0.356 e. The third kappa shape index (κ3) is 9.91. The fourth-order valence-electron chi connectivity index (χ4n) is 8.62. The average Bonchev–Trinajstić information content (AvgIpc) is 3.89. The van der Waals surface area contributed by atoms with Gasteiger partial charge in [0.15, 0.2) is 22.8 Å². The molecule has 364 valence electrons. The number of aromatic nitrogens is 4. The topological polar surface area (TPSA) is 199 Å². The molecule has 9 rings (SSSR count). The van der Waals surface area contributed by atoms with Gasteiger partial charge in [-0.25, -0.2) is 14.9 Å². The van der Waals surface area contributed by atoms with Crippen molar-refractivity contribution >= 4 is 69.3 Å². The lowest BCUT2D eigenvalue weighted by Crippen LogP contribution is -2.71.